The first kappa shape index (κ1) is 15.2. The summed E-state index contributed by atoms with van der Waals surface area (Å²) in [6.45, 7) is 3.27. The number of methoxy groups -OCH3 is 1. The van der Waals surface area contributed by atoms with Gasteiger partial charge in [-0.05, 0) is 24.5 Å². The maximum Gasteiger partial charge on any atom is 0.292 e. The summed E-state index contributed by atoms with van der Waals surface area (Å²) < 4.78 is 5.39. The molecular weight excluding hydrogens is 274 g/mol. The van der Waals surface area contributed by atoms with Gasteiger partial charge in [0.25, 0.3) is 11.6 Å². The van der Waals surface area contributed by atoms with E-state index in [0.717, 1.165) is 6.42 Å². The number of nitro groups is 1. The molecule has 0 aromatic heterocycles. The van der Waals surface area contributed by atoms with Crippen LogP contribution in [-0.4, -0.2) is 42.0 Å². The average molecular weight is 293 g/mol. The van der Waals surface area contributed by atoms with E-state index < -0.39 is 4.92 Å². The van der Waals surface area contributed by atoms with E-state index in [2.05, 4.69) is 6.92 Å². The number of hydrogen-bond donors (Lipinski definition) is 1. The molecule has 1 saturated heterocycles. The first-order chi connectivity index (χ1) is 9.93. The van der Waals surface area contributed by atoms with Gasteiger partial charge in [0.15, 0.2) is 0 Å². The van der Waals surface area contributed by atoms with Gasteiger partial charge in [-0.2, -0.15) is 0 Å². The minimum absolute atomic E-state index is 0.000445. The molecule has 0 spiro atoms. The molecule has 1 heterocycles. The quantitative estimate of drug-likeness (QED) is 0.519. The maximum absolute atomic E-state index is 12.4. The molecule has 1 aromatic rings. The lowest BCUT2D eigenvalue weighted by atomic mass is 9.95. The van der Waals surface area contributed by atoms with Crippen LogP contribution in [0.3, 0.4) is 0 Å². The number of carbonyl (C=O) groups excluding carboxylic acids is 1. The third kappa shape index (κ3) is 3.13. The molecule has 1 aliphatic rings. The Morgan fingerprint density at radius 2 is 2.24 bits per heavy atom. The van der Waals surface area contributed by atoms with Crippen LogP contribution in [0.5, 0.6) is 0 Å². The summed E-state index contributed by atoms with van der Waals surface area (Å²) in [4.78, 5) is 24.3. The number of likely N-dealkylation sites (tertiary alicyclic amines) is 1. The number of anilines is 1. The minimum Gasteiger partial charge on any atom is -0.393 e. The summed E-state index contributed by atoms with van der Waals surface area (Å²) in [6.07, 6.45) is 0.880. The van der Waals surface area contributed by atoms with Crippen LogP contribution in [-0.2, 0) is 4.74 Å². The zero-order valence-corrected chi connectivity index (χ0v) is 12.1. The van der Waals surface area contributed by atoms with Crippen molar-refractivity contribution in [2.75, 3.05) is 25.9 Å². The number of amides is 1. The number of ether oxygens (including phenoxy) is 1. The summed E-state index contributed by atoms with van der Waals surface area (Å²) in [5, 5.41) is 10.7. The van der Waals surface area contributed by atoms with Gasteiger partial charge in [-0.3, -0.25) is 14.9 Å². The Morgan fingerprint density at radius 3 is 2.81 bits per heavy atom. The molecule has 0 bridgehead atoms. The highest BCUT2D eigenvalue weighted by Gasteiger charge is 2.29. The second kappa shape index (κ2) is 6.09. The van der Waals surface area contributed by atoms with Gasteiger partial charge in [-0.15, -0.1) is 0 Å². The molecule has 1 aliphatic heterocycles. The highest BCUT2D eigenvalue weighted by Crippen LogP contribution is 2.25. The van der Waals surface area contributed by atoms with Crippen molar-refractivity contribution in [2.24, 2.45) is 5.92 Å². The normalized spacial score (nSPS) is 22.1. The van der Waals surface area contributed by atoms with Crippen LogP contribution in [0.2, 0.25) is 0 Å². The number of nitro benzene ring substituents is 1. The van der Waals surface area contributed by atoms with Crippen molar-refractivity contribution in [3.8, 4) is 0 Å². The maximum atomic E-state index is 12.4. The fourth-order valence-electron chi connectivity index (χ4n) is 2.56. The van der Waals surface area contributed by atoms with Crippen LogP contribution in [0, 0.1) is 16.0 Å². The van der Waals surface area contributed by atoms with E-state index in [1.807, 2.05) is 0 Å². The topological polar surface area (TPSA) is 98.7 Å². The summed E-state index contributed by atoms with van der Waals surface area (Å²) >= 11 is 0. The van der Waals surface area contributed by atoms with Crippen LogP contribution in [0.15, 0.2) is 18.2 Å². The lowest BCUT2D eigenvalue weighted by Crippen LogP contribution is -2.46. The predicted molar refractivity (Wildman–Crippen MR) is 78.0 cm³/mol. The van der Waals surface area contributed by atoms with E-state index in [4.69, 9.17) is 10.5 Å². The van der Waals surface area contributed by atoms with E-state index in [-0.39, 0.29) is 23.4 Å². The SMILES string of the molecule is COC1CN(C(=O)c2ccc([N+](=O)[O-])c(N)c2)CCC1C. The van der Waals surface area contributed by atoms with Gasteiger partial charge < -0.3 is 15.4 Å². The molecule has 114 valence electrons. The van der Waals surface area contributed by atoms with Crippen LogP contribution in [0.1, 0.15) is 23.7 Å². The number of nitrogens with two attached hydrogens (primary N) is 1. The molecule has 7 nitrogen and oxygen atoms in total. The summed E-state index contributed by atoms with van der Waals surface area (Å²) in [6, 6.07) is 4.07. The molecule has 0 saturated carbocycles. The monoisotopic (exact) mass is 293 g/mol. The molecule has 7 heteroatoms. The fourth-order valence-corrected chi connectivity index (χ4v) is 2.56. The zero-order valence-electron chi connectivity index (χ0n) is 12.1. The average Bonchev–Trinajstić information content (AvgIpc) is 2.46. The number of rotatable bonds is 3. The largest absolute Gasteiger partial charge is 0.393 e. The molecule has 0 radical (unpaired) electrons. The molecule has 2 unspecified atom stereocenters. The van der Waals surface area contributed by atoms with E-state index >= 15 is 0 Å². The van der Waals surface area contributed by atoms with Crippen molar-refractivity contribution in [3.05, 3.63) is 33.9 Å². The van der Waals surface area contributed by atoms with Gasteiger partial charge in [0.05, 0.1) is 11.0 Å². The molecule has 0 aliphatic carbocycles. The molecule has 2 atom stereocenters. The van der Waals surface area contributed by atoms with Gasteiger partial charge in [0, 0.05) is 31.8 Å². The summed E-state index contributed by atoms with van der Waals surface area (Å²) in [7, 11) is 1.64. The van der Waals surface area contributed by atoms with E-state index in [0.29, 0.717) is 24.6 Å². The molecule has 1 amide bonds. The second-order valence-corrected chi connectivity index (χ2v) is 5.32. The standard InChI is InChI=1S/C14H19N3O4/c1-9-5-6-16(8-13(9)21-2)14(18)10-3-4-12(17(19)20)11(15)7-10/h3-4,7,9,13H,5-6,8,15H2,1-2H3. The van der Waals surface area contributed by atoms with Crippen molar-refractivity contribution in [2.45, 2.75) is 19.4 Å². The number of piperidine rings is 1. The Balaban J connectivity index is 2.17. The zero-order chi connectivity index (χ0) is 15.6. The molecular formula is C14H19N3O4. The predicted octanol–water partition coefficient (Wildman–Crippen LogP) is 1.67. The first-order valence-electron chi connectivity index (χ1n) is 6.80. The highest BCUT2D eigenvalue weighted by molar-refractivity contribution is 5.95. The van der Waals surface area contributed by atoms with Crippen molar-refractivity contribution in [3.63, 3.8) is 0 Å². The van der Waals surface area contributed by atoms with Gasteiger partial charge >= 0.3 is 0 Å². The lowest BCUT2D eigenvalue weighted by molar-refractivity contribution is -0.383. The Kier molecular flexibility index (Phi) is 4.42. The number of nitrogens with zero attached hydrogens (tertiary/aromatic N) is 2. The Morgan fingerprint density at radius 1 is 1.52 bits per heavy atom. The van der Waals surface area contributed by atoms with Crippen LogP contribution >= 0.6 is 0 Å². The van der Waals surface area contributed by atoms with Crippen molar-refractivity contribution in [1.82, 2.24) is 4.90 Å². The molecule has 1 fully saturated rings. The van der Waals surface area contributed by atoms with E-state index in [1.54, 1.807) is 12.0 Å². The Hall–Kier alpha value is -2.15. The van der Waals surface area contributed by atoms with E-state index in [9.17, 15) is 14.9 Å². The van der Waals surface area contributed by atoms with Crippen molar-refractivity contribution >= 4 is 17.3 Å². The number of carbonyl (C=O) groups is 1. The van der Waals surface area contributed by atoms with Crippen LogP contribution in [0.4, 0.5) is 11.4 Å². The van der Waals surface area contributed by atoms with Crippen LogP contribution < -0.4 is 5.73 Å². The fraction of sp³-hybridized carbons (Fsp3) is 0.500. The third-order valence-corrected chi connectivity index (χ3v) is 3.95. The number of benzene rings is 1. The van der Waals surface area contributed by atoms with Gasteiger partial charge in [-0.1, -0.05) is 6.92 Å². The highest BCUT2D eigenvalue weighted by atomic mass is 16.6. The smallest absolute Gasteiger partial charge is 0.292 e. The second-order valence-electron chi connectivity index (χ2n) is 5.32. The van der Waals surface area contributed by atoms with Crippen molar-refractivity contribution < 1.29 is 14.5 Å². The molecule has 2 rings (SSSR count). The van der Waals surface area contributed by atoms with Crippen LogP contribution in [0.25, 0.3) is 0 Å². The number of nitrogen functional groups attached to an aromatic ring is 1. The van der Waals surface area contributed by atoms with E-state index in [1.165, 1.54) is 18.2 Å². The Bertz CT molecular complexity index is 561. The number of hydrogen-bond acceptors (Lipinski definition) is 5. The summed E-state index contributed by atoms with van der Waals surface area (Å²) in [5.74, 6) is 0.228. The molecule has 2 N–H and O–H groups in total. The lowest BCUT2D eigenvalue weighted by Gasteiger charge is -2.36. The Labute approximate surface area is 122 Å². The minimum atomic E-state index is -0.562. The van der Waals surface area contributed by atoms with Gasteiger partial charge in [0.2, 0.25) is 0 Å². The third-order valence-electron chi connectivity index (χ3n) is 3.95. The van der Waals surface area contributed by atoms with Gasteiger partial charge in [0.1, 0.15) is 5.69 Å². The molecule has 1 aromatic carbocycles. The summed E-state index contributed by atoms with van der Waals surface area (Å²) in [5.41, 5.74) is 5.80. The first-order valence-corrected chi connectivity index (χ1v) is 6.80. The molecule has 21 heavy (non-hydrogen) atoms. The van der Waals surface area contributed by atoms with Gasteiger partial charge in [-0.25, -0.2) is 0 Å². The van der Waals surface area contributed by atoms with Crippen molar-refractivity contribution in [1.29, 1.82) is 0 Å².